The zero-order valence-electron chi connectivity index (χ0n) is 8.68. The first-order valence-electron chi connectivity index (χ1n) is 4.84. The average molecular weight is 225 g/mol. The van der Waals surface area contributed by atoms with Gasteiger partial charge in [0.25, 0.3) is 0 Å². The molecule has 1 aromatic heterocycles. The van der Waals surface area contributed by atoms with Crippen LogP contribution in [0.25, 0.3) is 0 Å². The molecule has 0 fully saturated rings. The van der Waals surface area contributed by atoms with E-state index in [1.165, 1.54) is 12.8 Å². The molecule has 82 valence electrons. The van der Waals surface area contributed by atoms with Crippen LogP contribution in [0.1, 0.15) is 25.5 Å². The molecule has 0 radical (unpaired) electrons. The van der Waals surface area contributed by atoms with E-state index in [-0.39, 0.29) is 5.84 Å². The molecule has 0 aliphatic carbocycles. The van der Waals surface area contributed by atoms with Crippen molar-refractivity contribution in [2.75, 3.05) is 5.75 Å². The molecule has 0 unspecified atom stereocenters. The Morgan fingerprint density at radius 1 is 1.60 bits per heavy atom. The highest BCUT2D eigenvalue weighted by molar-refractivity contribution is 7.99. The van der Waals surface area contributed by atoms with Gasteiger partial charge in [0.15, 0.2) is 5.84 Å². The molecule has 0 amide bonds. The quantitative estimate of drug-likeness (QED) is 0.201. The van der Waals surface area contributed by atoms with Gasteiger partial charge in [0.05, 0.1) is 0 Å². The summed E-state index contributed by atoms with van der Waals surface area (Å²) in [6.45, 7) is 2.17. The van der Waals surface area contributed by atoms with Crippen molar-refractivity contribution in [3.63, 3.8) is 0 Å². The zero-order valence-corrected chi connectivity index (χ0v) is 9.50. The molecule has 0 atom stereocenters. The molecule has 0 aliphatic rings. The number of nitrogens with two attached hydrogens (primary N) is 1. The van der Waals surface area contributed by atoms with E-state index in [1.807, 2.05) is 6.07 Å². The number of oxime groups is 1. The number of hydrogen-bond acceptors (Lipinski definition) is 4. The molecule has 0 saturated carbocycles. The second kappa shape index (κ2) is 6.29. The normalized spacial score (nSPS) is 11.7. The number of amidine groups is 1. The minimum absolute atomic E-state index is 0.0418. The van der Waals surface area contributed by atoms with Crippen molar-refractivity contribution in [2.24, 2.45) is 10.9 Å². The number of aromatic nitrogens is 1. The first kappa shape index (κ1) is 11.8. The zero-order chi connectivity index (χ0) is 11.1. The molecular weight excluding hydrogens is 210 g/mol. The summed E-state index contributed by atoms with van der Waals surface area (Å²) in [5.74, 6) is 1.14. The standard InChI is InChI=1S/C10H15N3OS/c1-2-3-6-15-8-4-5-9(12-7-8)10(11)13-14/h4-5,7,14H,2-3,6H2,1H3,(H2,11,13). The Balaban J connectivity index is 2.56. The molecule has 1 rings (SSSR count). The number of hydrogen-bond donors (Lipinski definition) is 2. The van der Waals surface area contributed by atoms with Crippen LogP contribution in [-0.4, -0.2) is 21.8 Å². The summed E-state index contributed by atoms with van der Waals surface area (Å²) in [4.78, 5) is 5.20. The van der Waals surface area contributed by atoms with Crippen LogP contribution >= 0.6 is 11.8 Å². The van der Waals surface area contributed by atoms with E-state index in [0.29, 0.717) is 5.69 Å². The number of thioether (sulfide) groups is 1. The van der Waals surface area contributed by atoms with E-state index in [4.69, 9.17) is 10.9 Å². The maximum absolute atomic E-state index is 8.45. The van der Waals surface area contributed by atoms with E-state index in [1.54, 1.807) is 24.0 Å². The number of pyridine rings is 1. The van der Waals surface area contributed by atoms with Gasteiger partial charge in [0.2, 0.25) is 0 Å². The van der Waals surface area contributed by atoms with Gasteiger partial charge in [-0.25, -0.2) is 0 Å². The molecule has 0 aliphatic heterocycles. The Bertz CT molecular complexity index is 324. The molecular formula is C10H15N3OS. The van der Waals surface area contributed by atoms with Crippen molar-refractivity contribution in [1.29, 1.82) is 0 Å². The minimum atomic E-state index is 0.0418. The molecule has 1 aromatic rings. The molecule has 3 N–H and O–H groups in total. The van der Waals surface area contributed by atoms with Crippen LogP contribution in [0, 0.1) is 0 Å². The lowest BCUT2D eigenvalue weighted by Gasteiger charge is -2.01. The lowest BCUT2D eigenvalue weighted by Crippen LogP contribution is -2.14. The van der Waals surface area contributed by atoms with Crippen LogP contribution in [0.2, 0.25) is 0 Å². The highest BCUT2D eigenvalue weighted by atomic mass is 32.2. The van der Waals surface area contributed by atoms with E-state index < -0.39 is 0 Å². The van der Waals surface area contributed by atoms with Gasteiger partial charge in [-0.05, 0) is 24.3 Å². The lowest BCUT2D eigenvalue weighted by atomic mass is 10.3. The molecule has 0 saturated heterocycles. The number of rotatable bonds is 5. The van der Waals surface area contributed by atoms with Crippen molar-refractivity contribution in [3.8, 4) is 0 Å². The summed E-state index contributed by atoms with van der Waals surface area (Å²) in [6, 6.07) is 3.68. The summed E-state index contributed by atoms with van der Waals surface area (Å²) in [5, 5.41) is 11.3. The van der Waals surface area contributed by atoms with E-state index >= 15 is 0 Å². The van der Waals surface area contributed by atoms with Gasteiger partial charge in [-0.1, -0.05) is 18.5 Å². The van der Waals surface area contributed by atoms with Gasteiger partial charge in [-0.3, -0.25) is 4.98 Å². The largest absolute Gasteiger partial charge is 0.409 e. The summed E-state index contributed by atoms with van der Waals surface area (Å²) in [6.07, 6.45) is 4.14. The lowest BCUT2D eigenvalue weighted by molar-refractivity contribution is 0.318. The van der Waals surface area contributed by atoms with Crippen molar-refractivity contribution in [1.82, 2.24) is 4.98 Å². The molecule has 5 heteroatoms. The predicted molar refractivity (Wildman–Crippen MR) is 62.4 cm³/mol. The summed E-state index contributed by atoms with van der Waals surface area (Å²) in [7, 11) is 0. The Hall–Kier alpha value is -1.23. The van der Waals surface area contributed by atoms with Crippen LogP contribution in [-0.2, 0) is 0 Å². The van der Waals surface area contributed by atoms with Crippen LogP contribution < -0.4 is 5.73 Å². The SMILES string of the molecule is CCCCSc1ccc(/C(N)=N/O)nc1. The van der Waals surface area contributed by atoms with Crippen LogP contribution in [0.5, 0.6) is 0 Å². The monoisotopic (exact) mass is 225 g/mol. The fourth-order valence-corrected chi connectivity index (χ4v) is 1.96. The topological polar surface area (TPSA) is 71.5 Å². The summed E-state index contributed by atoms with van der Waals surface area (Å²) in [5.41, 5.74) is 5.89. The van der Waals surface area contributed by atoms with Gasteiger partial charge in [0.1, 0.15) is 5.69 Å². The summed E-state index contributed by atoms with van der Waals surface area (Å²) < 4.78 is 0. The Morgan fingerprint density at radius 2 is 2.40 bits per heavy atom. The maximum atomic E-state index is 8.45. The first-order valence-corrected chi connectivity index (χ1v) is 5.83. The van der Waals surface area contributed by atoms with Gasteiger partial charge < -0.3 is 10.9 Å². The average Bonchev–Trinajstić information content (AvgIpc) is 2.29. The van der Waals surface area contributed by atoms with Crippen molar-refractivity contribution in [3.05, 3.63) is 24.0 Å². The van der Waals surface area contributed by atoms with Crippen LogP contribution in [0.3, 0.4) is 0 Å². The third-order valence-electron chi connectivity index (χ3n) is 1.87. The Kier molecular flexibility index (Phi) is 4.97. The smallest absolute Gasteiger partial charge is 0.188 e. The third-order valence-corrected chi connectivity index (χ3v) is 2.94. The second-order valence-corrected chi connectivity index (χ2v) is 4.23. The van der Waals surface area contributed by atoms with Crippen LogP contribution in [0.4, 0.5) is 0 Å². The Labute approximate surface area is 93.6 Å². The fraction of sp³-hybridized carbons (Fsp3) is 0.400. The Morgan fingerprint density at radius 3 is 2.93 bits per heavy atom. The predicted octanol–water partition coefficient (Wildman–Crippen LogP) is 2.07. The van der Waals surface area contributed by atoms with Gasteiger partial charge in [-0.2, -0.15) is 0 Å². The minimum Gasteiger partial charge on any atom is -0.409 e. The molecule has 15 heavy (non-hydrogen) atoms. The van der Waals surface area contributed by atoms with E-state index in [0.717, 1.165) is 10.6 Å². The van der Waals surface area contributed by atoms with Crippen molar-refractivity contribution in [2.45, 2.75) is 24.7 Å². The third kappa shape index (κ3) is 3.79. The molecule has 0 bridgehead atoms. The number of unbranched alkanes of at least 4 members (excludes halogenated alkanes) is 1. The fourth-order valence-electron chi connectivity index (χ4n) is 1.00. The van der Waals surface area contributed by atoms with Crippen molar-refractivity contribution >= 4 is 17.6 Å². The molecule has 0 spiro atoms. The molecule has 4 nitrogen and oxygen atoms in total. The van der Waals surface area contributed by atoms with E-state index in [9.17, 15) is 0 Å². The van der Waals surface area contributed by atoms with Gasteiger partial charge in [0, 0.05) is 11.1 Å². The second-order valence-electron chi connectivity index (χ2n) is 3.07. The van der Waals surface area contributed by atoms with Gasteiger partial charge >= 0.3 is 0 Å². The van der Waals surface area contributed by atoms with Gasteiger partial charge in [-0.15, -0.1) is 11.8 Å². The van der Waals surface area contributed by atoms with E-state index in [2.05, 4.69) is 17.1 Å². The molecule has 0 aromatic carbocycles. The highest BCUT2D eigenvalue weighted by Gasteiger charge is 2.00. The van der Waals surface area contributed by atoms with Crippen molar-refractivity contribution < 1.29 is 5.21 Å². The first-order chi connectivity index (χ1) is 7.27. The highest BCUT2D eigenvalue weighted by Crippen LogP contribution is 2.18. The van der Waals surface area contributed by atoms with Crippen LogP contribution in [0.15, 0.2) is 28.4 Å². The summed E-state index contributed by atoms with van der Waals surface area (Å²) >= 11 is 1.77. The molecule has 1 heterocycles. The maximum Gasteiger partial charge on any atom is 0.188 e. The number of nitrogens with zero attached hydrogens (tertiary/aromatic N) is 2.